The van der Waals surface area contributed by atoms with Crippen molar-refractivity contribution < 1.29 is 9.47 Å². The van der Waals surface area contributed by atoms with Crippen LogP contribution in [0.15, 0.2) is 24.3 Å². The molecule has 1 N–H and O–H groups in total. The number of benzene rings is 1. The highest BCUT2D eigenvalue weighted by Crippen LogP contribution is 2.40. The van der Waals surface area contributed by atoms with Gasteiger partial charge in [0.15, 0.2) is 0 Å². The van der Waals surface area contributed by atoms with E-state index >= 15 is 0 Å². The van der Waals surface area contributed by atoms with Gasteiger partial charge >= 0.3 is 0 Å². The molecular formula is C17H27NO2. The van der Waals surface area contributed by atoms with Crippen molar-refractivity contribution in [2.24, 2.45) is 5.92 Å². The van der Waals surface area contributed by atoms with Crippen molar-refractivity contribution in [1.82, 2.24) is 5.32 Å². The molecule has 2 atom stereocenters. The van der Waals surface area contributed by atoms with E-state index in [0.29, 0.717) is 5.92 Å². The first-order chi connectivity index (χ1) is 9.65. The molecule has 1 aliphatic carbocycles. The minimum atomic E-state index is 0.212. The van der Waals surface area contributed by atoms with Crippen LogP contribution in [0.4, 0.5) is 0 Å². The highest BCUT2D eigenvalue weighted by Gasteiger charge is 2.37. The molecule has 1 fully saturated rings. The first kappa shape index (κ1) is 15.3. The van der Waals surface area contributed by atoms with Crippen molar-refractivity contribution in [2.75, 3.05) is 13.7 Å². The van der Waals surface area contributed by atoms with Gasteiger partial charge in [-0.1, -0.05) is 19.1 Å². The molecule has 1 aromatic carbocycles. The van der Waals surface area contributed by atoms with E-state index in [1.54, 1.807) is 0 Å². The van der Waals surface area contributed by atoms with Crippen LogP contribution in [-0.2, 0) is 4.74 Å². The number of ether oxygens (including phenoxy) is 2. The third kappa shape index (κ3) is 3.97. The Hall–Kier alpha value is -1.06. The summed E-state index contributed by atoms with van der Waals surface area (Å²) in [6.45, 7) is 7.18. The van der Waals surface area contributed by atoms with Crippen LogP contribution in [0, 0.1) is 5.92 Å². The number of hydrogen-bond acceptors (Lipinski definition) is 3. The van der Waals surface area contributed by atoms with E-state index in [1.807, 2.05) is 21.0 Å². The maximum atomic E-state index is 5.74. The molecule has 0 aliphatic heterocycles. The molecule has 3 heteroatoms. The SMILES string of the molecule is CCNC(c1ccc(OC(C)C)cc1)C(OC)C1CC1. The number of methoxy groups -OCH3 is 1. The van der Waals surface area contributed by atoms with Crippen LogP contribution in [0.3, 0.4) is 0 Å². The van der Waals surface area contributed by atoms with Gasteiger partial charge < -0.3 is 14.8 Å². The summed E-state index contributed by atoms with van der Waals surface area (Å²) in [4.78, 5) is 0. The predicted octanol–water partition coefficient (Wildman–Crippen LogP) is 3.55. The van der Waals surface area contributed by atoms with E-state index in [2.05, 4.69) is 36.5 Å². The van der Waals surface area contributed by atoms with Gasteiger partial charge in [-0.3, -0.25) is 0 Å². The Bertz CT molecular complexity index is 398. The number of rotatable bonds is 8. The van der Waals surface area contributed by atoms with Gasteiger partial charge in [-0.25, -0.2) is 0 Å². The Morgan fingerprint density at radius 2 is 1.85 bits per heavy atom. The molecule has 20 heavy (non-hydrogen) atoms. The fourth-order valence-electron chi connectivity index (χ4n) is 2.69. The van der Waals surface area contributed by atoms with Gasteiger partial charge in [-0.05, 0) is 56.8 Å². The molecule has 2 rings (SSSR count). The zero-order valence-electron chi connectivity index (χ0n) is 13.1. The van der Waals surface area contributed by atoms with Crippen LogP contribution in [0.25, 0.3) is 0 Å². The minimum absolute atomic E-state index is 0.212. The van der Waals surface area contributed by atoms with Crippen LogP contribution in [0.1, 0.15) is 45.2 Å². The molecular weight excluding hydrogens is 250 g/mol. The van der Waals surface area contributed by atoms with Crippen molar-refractivity contribution in [1.29, 1.82) is 0 Å². The zero-order valence-corrected chi connectivity index (χ0v) is 13.1. The first-order valence-electron chi connectivity index (χ1n) is 7.68. The molecule has 0 bridgehead atoms. The summed E-state index contributed by atoms with van der Waals surface area (Å²) < 4.78 is 11.4. The fraction of sp³-hybridized carbons (Fsp3) is 0.647. The Morgan fingerprint density at radius 1 is 1.20 bits per heavy atom. The monoisotopic (exact) mass is 277 g/mol. The van der Waals surface area contributed by atoms with Crippen molar-refractivity contribution in [3.05, 3.63) is 29.8 Å². The third-order valence-electron chi connectivity index (χ3n) is 3.72. The molecule has 112 valence electrons. The normalized spacial score (nSPS) is 18.1. The molecule has 1 saturated carbocycles. The van der Waals surface area contributed by atoms with Gasteiger partial charge in [0.25, 0.3) is 0 Å². The average molecular weight is 277 g/mol. The second kappa shape index (κ2) is 7.09. The van der Waals surface area contributed by atoms with E-state index in [9.17, 15) is 0 Å². The summed E-state index contributed by atoms with van der Waals surface area (Å²) in [7, 11) is 1.82. The molecule has 0 heterocycles. The average Bonchev–Trinajstić information content (AvgIpc) is 3.24. The largest absolute Gasteiger partial charge is 0.491 e. The topological polar surface area (TPSA) is 30.5 Å². The summed E-state index contributed by atoms with van der Waals surface area (Å²) in [5.41, 5.74) is 1.28. The fourth-order valence-corrected chi connectivity index (χ4v) is 2.69. The summed E-state index contributed by atoms with van der Waals surface area (Å²) in [6, 6.07) is 8.68. The second-order valence-corrected chi connectivity index (χ2v) is 5.81. The minimum Gasteiger partial charge on any atom is -0.491 e. The van der Waals surface area contributed by atoms with Gasteiger partial charge in [0.1, 0.15) is 5.75 Å². The second-order valence-electron chi connectivity index (χ2n) is 5.81. The Labute approximate surface area is 122 Å². The Balaban J connectivity index is 2.11. The summed E-state index contributed by atoms with van der Waals surface area (Å²) in [5.74, 6) is 1.63. The Kier molecular flexibility index (Phi) is 5.44. The van der Waals surface area contributed by atoms with Crippen molar-refractivity contribution in [3.63, 3.8) is 0 Å². The molecule has 1 aliphatic rings. The van der Waals surface area contributed by atoms with E-state index in [4.69, 9.17) is 9.47 Å². The van der Waals surface area contributed by atoms with Crippen LogP contribution in [-0.4, -0.2) is 25.9 Å². The van der Waals surface area contributed by atoms with Crippen LogP contribution in [0.5, 0.6) is 5.75 Å². The van der Waals surface area contributed by atoms with E-state index in [-0.39, 0.29) is 18.2 Å². The van der Waals surface area contributed by atoms with Crippen LogP contribution < -0.4 is 10.1 Å². The lowest BCUT2D eigenvalue weighted by Gasteiger charge is -2.27. The molecule has 0 amide bonds. The lowest BCUT2D eigenvalue weighted by atomic mass is 9.97. The standard InChI is InChI=1S/C17H27NO2/c1-5-18-16(17(19-4)14-6-7-14)13-8-10-15(11-9-13)20-12(2)3/h8-12,14,16-18H,5-7H2,1-4H3. The molecule has 0 radical (unpaired) electrons. The molecule has 2 unspecified atom stereocenters. The summed E-state index contributed by atoms with van der Waals surface area (Å²) >= 11 is 0. The smallest absolute Gasteiger partial charge is 0.119 e. The van der Waals surface area contributed by atoms with E-state index in [1.165, 1.54) is 18.4 Å². The van der Waals surface area contributed by atoms with Crippen molar-refractivity contribution in [3.8, 4) is 5.75 Å². The van der Waals surface area contributed by atoms with Gasteiger partial charge in [0.05, 0.1) is 18.2 Å². The highest BCUT2D eigenvalue weighted by atomic mass is 16.5. The van der Waals surface area contributed by atoms with Crippen molar-refractivity contribution in [2.45, 2.75) is 51.9 Å². The number of nitrogens with one attached hydrogen (secondary N) is 1. The lowest BCUT2D eigenvalue weighted by Crippen LogP contribution is -2.34. The highest BCUT2D eigenvalue weighted by molar-refractivity contribution is 5.30. The quantitative estimate of drug-likeness (QED) is 0.788. The number of hydrogen-bond donors (Lipinski definition) is 1. The summed E-state index contributed by atoms with van der Waals surface area (Å²) in [5, 5.41) is 3.57. The Morgan fingerprint density at radius 3 is 2.30 bits per heavy atom. The van der Waals surface area contributed by atoms with Gasteiger partial charge in [0, 0.05) is 7.11 Å². The third-order valence-corrected chi connectivity index (χ3v) is 3.72. The van der Waals surface area contributed by atoms with Gasteiger partial charge in [0.2, 0.25) is 0 Å². The molecule has 3 nitrogen and oxygen atoms in total. The van der Waals surface area contributed by atoms with Crippen LogP contribution >= 0.6 is 0 Å². The van der Waals surface area contributed by atoms with Crippen molar-refractivity contribution >= 4 is 0 Å². The summed E-state index contributed by atoms with van der Waals surface area (Å²) in [6.07, 6.45) is 3.06. The molecule has 0 aromatic heterocycles. The zero-order chi connectivity index (χ0) is 14.5. The molecule has 0 saturated heterocycles. The maximum Gasteiger partial charge on any atom is 0.119 e. The maximum absolute atomic E-state index is 5.74. The van der Waals surface area contributed by atoms with Crippen LogP contribution in [0.2, 0.25) is 0 Å². The van der Waals surface area contributed by atoms with Gasteiger partial charge in [-0.2, -0.15) is 0 Å². The molecule has 1 aromatic rings. The van der Waals surface area contributed by atoms with Gasteiger partial charge in [-0.15, -0.1) is 0 Å². The number of likely N-dealkylation sites (N-methyl/N-ethyl adjacent to an activating group) is 1. The van der Waals surface area contributed by atoms with E-state index in [0.717, 1.165) is 12.3 Å². The first-order valence-corrected chi connectivity index (χ1v) is 7.68. The lowest BCUT2D eigenvalue weighted by molar-refractivity contribution is 0.0511. The van der Waals surface area contributed by atoms with E-state index < -0.39 is 0 Å². The predicted molar refractivity (Wildman–Crippen MR) is 82.1 cm³/mol. The molecule has 0 spiro atoms.